The molecule has 7 heteroatoms. The zero-order chi connectivity index (χ0) is 23.1. The molecule has 7 nitrogen and oxygen atoms in total. The number of likely N-dealkylation sites (N-methyl/N-ethyl adjacent to an activating group) is 1. The fraction of sp³-hybridized carbons (Fsp3) is 0.480. The molecular weight excluding hydrogens is 404 g/mol. The minimum Gasteiger partial charge on any atom is -0.493 e. The number of methoxy groups -OCH3 is 2. The number of amides is 1. The van der Waals surface area contributed by atoms with E-state index in [1.165, 1.54) is 12.6 Å². The monoisotopic (exact) mass is 436 g/mol. The summed E-state index contributed by atoms with van der Waals surface area (Å²) in [5.74, 6) is 2.51. The van der Waals surface area contributed by atoms with Crippen molar-refractivity contribution >= 4 is 11.7 Å². The molecule has 0 radical (unpaired) electrons. The molecule has 0 N–H and O–H groups in total. The summed E-state index contributed by atoms with van der Waals surface area (Å²) in [6.07, 6.45) is 6.02. The van der Waals surface area contributed by atoms with E-state index in [4.69, 9.17) is 14.7 Å². The van der Waals surface area contributed by atoms with E-state index in [0.717, 1.165) is 24.8 Å². The van der Waals surface area contributed by atoms with Gasteiger partial charge in [-0.1, -0.05) is 25.8 Å². The van der Waals surface area contributed by atoms with Crippen LogP contribution < -0.4 is 14.4 Å². The number of hydrogen-bond acceptors (Lipinski definition) is 6. The van der Waals surface area contributed by atoms with Crippen LogP contribution in [0.4, 0.5) is 5.82 Å². The summed E-state index contributed by atoms with van der Waals surface area (Å²) in [5.41, 5.74) is 1.51. The molecule has 2 aromatic rings. The maximum atomic E-state index is 13.5. The molecule has 32 heavy (non-hydrogen) atoms. The van der Waals surface area contributed by atoms with Crippen molar-refractivity contribution in [1.29, 1.82) is 5.26 Å². The minimum absolute atomic E-state index is 0.0622. The number of pyridine rings is 1. The maximum Gasteiger partial charge on any atom is 0.242 e. The zero-order valence-corrected chi connectivity index (χ0v) is 19.4. The Bertz CT molecular complexity index is 955. The van der Waals surface area contributed by atoms with Crippen LogP contribution in [-0.2, 0) is 11.3 Å². The predicted octanol–water partition coefficient (Wildman–Crippen LogP) is 4.01. The molecule has 0 saturated heterocycles. The van der Waals surface area contributed by atoms with Crippen LogP contribution in [0, 0.1) is 17.2 Å². The van der Waals surface area contributed by atoms with Crippen LogP contribution in [0.25, 0.3) is 0 Å². The highest BCUT2D eigenvalue weighted by Crippen LogP contribution is 2.32. The maximum absolute atomic E-state index is 13.5. The van der Waals surface area contributed by atoms with Crippen LogP contribution in [-0.4, -0.2) is 49.6 Å². The number of nitrogens with zero attached hydrogens (tertiary/aromatic N) is 4. The molecule has 1 heterocycles. The Hall–Kier alpha value is -3.27. The summed E-state index contributed by atoms with van der Waals surface area (Å²) in [5, 5.41) is 8.98. The van der Waals surface area contributed by atoms with Crippen LogP contribution in [0.3, 0.4) is 0 Å². The van der Waals surface area contributed by atoms with Crippen molar-refractivity contribution in [2.24, 2.45) is 5.92 Å². The van der Waals surface area contributed by atoms with Crippen LogP contribution in [0.2, 0.25) is 0 Å². The number of aromatic nitrogens is 1. The highest BCUT2D eigenvalue weighted by Gasteiger charge is 2.31. The van der Waals surface area contributed by atoms with Gasteiger partial charge in [0.25, 0.3) is 0 Å². The minimum atomic E-state index is 0.0622. The molecule has 0 bridgehead atoms. The lowest BCUT2D eigenvalue weighted by Crippen LogP contribution is -2.48. The van der Waals surface area contributed by atoms with Gasteiger partial charge in [0.15, 0.2) is 11.5 Å². The zero-order valence-electron chi connectivity index (χ0n) is 19.4. The van der Waals surface area contributed by atoms with Crippen molar-refractivity contribution in [1.82, 2.24) is 9.88 Å². The van der Waals surface area contributed by atoms with Gasteiger partial charge in [-0.05, 0) is 48.6 Å². The fourth-order valence-electron chi connectivity index (χ4n) is 4.38. The van der Waals surface area contributed by atoms with Gasteiger partial charge < -0.3 is 19.3 Å². The molecule has 1 amide bonds. The summed E-state index contributed by atoms with van der Waals surface area (Å²) in [4.78, 5) is 21.7. The molecule has 1 aliphatic carbocycles. The SMILES string of the molecule is COc1ccc(CN(C(=O)CN(C)c2ccc(C#N)cn2)[C@@H]2CCCC[C@H]2C)cc1OC. The smallest absolute Gasteiger partial charge is 0.242 e. The van der Waals surface area contributed by atoms with Gasteiger partial charge in [-0.2, -0.15) is 5.26 Å². The Morgan fingerprint density at radius 2 is 1.91 bits per heavy atom. The summed E-state index contributed by atoms with van der Waals surface area (Å²) >= 11 is 0. The van der Waals surface area contributed by atoms with E-state index in [0.29, 0.717) is 35.3 Å². The van der Waals surface area contributed by atoms with Crippen LogP contribution >= 0.6 is 0 Å². The van der Waals surface area contributed by atoms with Gasteiger partial charge in [-0.25, -0.2) is 4.98 Å². The van der Waals surface area contributed by atoms with Crippen LogP contribution in [0.15, 0.2) is 36.5 Å². The number of ether oxygens (including phenoxy) is 2. The lowest BCUT2D eigenvalue weighted by molar-refractivity contribution is -0.134. The first-order chi connectivity index (χ1) is 15.5. The summed E-state index contributed by atoms with van der Waals surface area (Å²) < 4.78 is 10.8. The number of hydrogen-bond donors (Lipinski definition) is 0. The molecule has 1 aromatic heterocycles. The van der Waals surface area contributed by atoms with Crippen molar-refractivity contribution in [3.63, 3.8) is 0 Å². The van der Waals surface area contributed by atoms with E-state index in [9.17, 15) is 4.79 Å². The first-order valence-corrected chi connectivity index (χ1v) is 11.0. The van der Waals surface area contributed by atoms with E-state index in [1.807, 2.05) is 35.0 Å². The second-order valence-corrected chi connectivity index (χ2v) is 8.41. The van der Waals surface area contributed by atoms with Gasteiger partial charge in [-0.15, -0.1) is 0 Å². The highest BCUT2D eigenvalue weighted by molar-refractivity contribution is 5.81. The normalized spacial score (nSPS) is 17.8. The number of anilines is 1. The Morgan fingerprint density at radius 3 is 2.53 bits per heavy atom. The molecular formula is C25H32N4O3. The number of benzene rings is 1. The first-order valence-electron chi connectivity index (χ1n) is 11.0. The van der Waals surface area contributed by atoms with Gasteiger partial charge in [0.1, 0.15) is 11.9 Å². The highest BCUT2D eigenvalue weighted by atomic mass is 16.5. The third kappa shape index (κ3) is 5.50. The van der Waals surface area contributed by atoms with Crippen molar-refractivity contribution < 1.29 is 14.3 Å². The molecule has 170 valence electrons. The van der Waals surface area contributed by atoms with E-state index in [2.05, 4.69) is 18.0 Å². The fourth-order valence-corrected chi connectivity index (χ4v) is 4.38. The third-order valence-corrected chi connectivity index (χ3v) is 6.23. The largest absolute Gasteiger partial charge is 0.493 e. The van der Waals surface area contributed by atoms with E-state index < -0.39 is 0 Å². The predicted molar refractivity (Wildman–Crippen MR) is 124 cm³/mol. The molecule has 1 fully saturated rings. The third-order valence-electron chi connectivity index (χ3n) is 6.23. The van der Waals surface area contributed by atoms with Crippen molar-refractivity contribution in [3.8, 4) is 17.6 Å². The molecule has 1 aliphatic rings. The Balaban J connectivity index is 1.81. The van der Waals surface area contributed by atoms with Gasteiger partial charge in [0, 0.05) is 25.8 Å². The molecule has 2 atom stereocenters. The van der Waals surface area contributed by atoms with Crippen LogP contribution in [0.5, 0.6) is 11.5 Å². The quantitative estimate of drug-likeness (QED) is 0.622. The molecule has 0 spiro atoms. The lowest BCUT2D eigenvalue weighted by Gasteiger charge is -2.39. The average molecular weight is 437 g/mol. The number of rotatable bonds is 8. The molecule has 0 unspecified atom stereocenters. The Morgan fingerprint density at radius 1 is 1.16 bits per heavy atom. The van der Waals surface area contributed by atoms with Crippen LogP contribution in [0.1, 0.15) is 43.7 Å². The molecule has 0 aliphatic heterocycles. The van der Waals surface area contributed by atoms with E-state index in [-0.39, 0.29) is 18.5 Å². The second-order valence-electron chi connectivity index (χ2n) is 8.41. The molecule has 1 aromatic carbocycles. The standard InChI is InChI=1S/C25H32N4O3/c1-18-7-5-6-8-21(18)29(16-19-9-11-22(31-3)23(13-19)32-4)25(30)17-28(2)24-12-10-20(14-26)15-27-24/h9-13,15,18,21H,5-8,16-17H2,1-4H3/t18-,21-/m1/s1. The number of nitriles is 1. The van der Waals surface area contributed by atoms with E-state index >= 15 is 0 Å². The van der Waals surface area contributed by atoms with Gasteiger partial charge in [0.2, 0.25) is 5.91 Å². The van der Waals surface area contributed by atoms with Crippen molar-refractivity contribution in [2.75, 3.05) is 32.7 Å². The molecule has 3 rings (SSSR count). The summed E-state index contributed by atoms with van der Waals surface area (Å²) in [6.45, 7) is 2.98. The Labute approximate surface area is 190 Å². The van der Waals surface area contributed by atoms with Gasteiger partial charge >= 0.3 is 0 Å². The topological polar surface area (TPSA) is 78.7 Å². The van der Waals surface area contributed by atoms with Gasteiger partial charge in [0.05, 0.1) is 26.3 Å². The lowest BCUT2D eigenvalue weighted by atomic mass is 9.84. The summed E-state index contributed by atoms with van der Waals surface area (Å²) in [6, 6.07) is 11.6. The molecule has 1 saturated carbocycles. The Kier molecular flexibility index (Phi) is 7.93. The van der Waals surface area contributed by atoms with Crippen molar-refractivity contribution in [2.45, 2.75) is 45.2 Å². The number of carbonyl (C=O) groups is 1. The van der Waals surface area contributed by atoms with Crippen molar-refractivity contribution in [3.05, 3.63) is 47.7 Å². The van der Waals surface area contributed by atoms with Gasteiger partial charge in [-0.3, -0.25) is 4.79 Å². The number of carbonyl (C=O) groups excluding carboxylic acids is 1. The average Bonchev–Trinajstić information content (AvgIpc) is 2.82. The second kappa shape index (κ2) is 10.9. The first kappa shape index (κ1) is 23.4. The van der Waals surface area contributed by atoms with E-state index in [1.54, 1.807) is 26.4 Å². The summed E-state index contributed by atoms with van der Waals surface area (Å²) in [7, 11) is 5.09.